The number of halogens is 1. The molecule has 2 N–H and O–H groups in total. The van der Waals surface area contributed by atoms with Crippen molar-refractivity contribution in [3.05, 3.63) is 59.4 Å². The van der Waals surface area contributed by atoms with Gasteiger partial charge in [-0.25, -0.2) is 17.5 Å². The van der Waals surface area contributed by atoms with Gasteiger partial charge in [-0.15, -0.1) is 0 Å². The summed E-state index contributed by atoms with van der Waals surface area (Å²) >= 11 is 0. The summed E-state index contributed by atoms with van der Waals surface area (Å²) in [6.45, 7) is 1.88. The highest BCUT2D eigenvalue weighted by Gasteiger charge is 2.20. The summed E-state index contributed by atoms with van der Waals surface area (Å²) in [7, 11) is -2.08. The van der Waals surface area contributed by atoms with Crippen LogP contribution in [0, 0.1) is 12.7 Å². The molecule has 2 aromatic rings. The lowest BCUT2D eigenvalue weighted by Gasteiger charge is -2.18. The van der Waals surface area contributed by atoms with Gasteiger partial charge >= 0.3 is 0 Å². The van der Waals surface area contributed by atoms with Gasteiger partial charge in [0.25, 0.3) is 0 Å². The Bertz CT molecular complexity index is 883. The minimum absolute atomic E-state index is 0.157. The molecule has 1 unspecified atom stereocenters. The molecule has 0 aliphatic rings. The zero-order valence-electron chi connectivity index (χ0n) is 14.7. The number of aryl methyl sites for hydroxylation is 1. The van der Waals surface area contributed by atoms with Crippen LogP contribution in [0.5, 0.6) is 5.75 Å². The second kappa shape index (κ2) is 8.29. The Morgan fingerprint density at radius 2 is 1.85 bits per heavy atom. The third kappa shape index (κ3) is 5.82. The first-order chi connectivity index (χ1) is 12.2. The van der Waals surface area contributed by atoms with Crippen molar-refractivity contribution in [3.63, 3.8) is 0 Å². The molecular weight excluding hydrogens is 359 g/mol. The number of sulfonamides is 1. The molecule has 0 heterocycles. The smallest absolute Gasteiger partial charge is 0.226 e. The lowest BCUT2D eigenvalue weighted by Crippen LogP contribution is -2.30. The van der Waals surface area contributed by atoms with Crippen molar-refractivity contribution in [1.82, 2.24) is 4.72 Å². The SMILES string of the molecule is COc1ccc(C)cc1NC(=O)CC(NS(C)(=O)=O)c1ccc(F)cc1. The number of ether oxygens (including phenoxy) is 1. The van der Waals surface area contributed by atoms with Crippen LogP contribution >= 0.6 is 0 Å². The van der Waals surface area contributed by atoms with Crippen LogP contribution in [0.15, 0.2) is 42.5 Å². The van der Waals surface area contributed by atoms with E-state index in [9.17, 15) is 17.6 Å². The maximum atomic E-state index is 13.1. The Labute approximate surface area is 152 Å². The summed E-state index contributed by atoms with van der Waals surface area (Å²) in [6.07, 6.45) is 0.848. The molecule has 0 saturated carbocycles. The topological polar surface area (TPSA) is 84.5 Å². The average Bonchev–Trinajstić information content (AvgIpc) is 2.54. The van der Waals surface area contributed by atoms with E-state index in [4.69, 9.17) is 4.74 Å². The molecule has 6 nitrogen and oxygen atoms in total. The molecule has 0 aromatic heterocycles. The largest absolute Gasteiger partial charge is 0.495 e. The number of methoxy groups -OCH3 is 1. The van der Waals surface area contributed by atoms with Crippen LogP contribution in [-0.2, 0) is 14.8 Å². The van der Waals surface area contributed by atoms with Crippen molar-refractivity contribution in [1.29, 1.82) is 0 Å². The third-order valence-electron chi connectivity index (χ3n) is 3.65. The fourth-order valence-electron chi connectivity index (χ4n) is 2.49. The lowest BCUT2D eigenvalue weighted by atomic mass is 10.0. The number of amides is 1. The number of hydrogen-bond donors (Lipinski definition) is 2. The van der Waals surface area contributed by atoms with E-state index < -0.39 is 27.8 Å². The molecule has 1 atom stereocenters. The molecule has 0 spiro atoms. The summed E-state index contributed by atoms with van der Waals surface area (Å²) in [5, 5.41) is 2.73. The molecular formula is C18H21FN2O4S. The van der Waals surface area contributed by atoms with Gasteiger partial charge in [-0.3, -0.25) is 4.79 Å². The summed E-state index contributed by atoms with van der Waals surface area (Å²) in [4.78, 5) is 12.5. The zero-order chi connectivity index (χ0) is 19.3. The first kappa shape index (κ1) is 19.9. The van der Waals surface area contributed by atoms with E-state index in [1.807, 2.05) is 13.0 Å². The predicted molar refractivity (Wildman–Crippen MR) is 98.1 cm³/mol. The molecule has 2 aromatic carbocycles. The summed E-state index contributed by atoms with van der Waals surface area (Å²) in [5.74, 6) is -0.349. The predicted octanol–water partition coefficient (Wildman–Crippen LogP) is 2.76. The number of hydrogen-bond acceptors (Lipinski definition) is 4. The fraction of sp³-hybridized carbons (Fsp3) is 0.278. The molecule has 26 heavy (non-hydrogen) atoms. The first-order valence-corrected chi connectivity index (χ1v) is 9.74. The quantitative estimate of drug-likeness (QED) is 0.774. The molecule has 0 radical (unpaired) electrons. The van der Waals surface area contributed by atoms with E-state index >= 15 is 0 Å². The highest BCUT2D eigenvalue weighted by molar-refractivity contribution is 7.88. The minimum atomic E-state index is -3.57. The average molecular weight is 380 g/mol. The Morgan fingerprint density at radius 3 is 2.42 bits per heavy atom. The van der Waals surface area contributed by atoms with Crippen molar-refractivity contribution in [2.45, 2.75) is 19.4 Å². The monoisotopic (exact) mass is 380 g/mol. The van der Waals surface area contributed by atoms with Crippen molar-refractivity contribution in [2.75, 3.05) is 18.7 Å². The van der Waals surface area contributed by atoms with Crippen LogP contribution < -0.4 is 14.8 Å². The number of carbonyl (C=O) groups is 1. The first-order valence-electron chi connectivity index (χ1n) is 7.85. The Morgan fingerprint density at radius 1 is 1.19 bits per heavy atom. The van der Waals surface area contributed by atoms with Gasteiger partial charge in [0.05, 0.1) is 25.1 Å². The molecule has 8 heteroatoms. The van der Waals surface area contributed by atoms with Crippen LogP contribution in [0.1, 0.15) is 23.6 Å². The van der Waals surface area contributed by atoms with E-state index in [0.29, 0.717) is 17.0 Å². The minimum Gasteiger partial charge on any atom is -0.495 e. The van der Waals surface area contributed by atoms with Crippen molar-refractivity contribution in [2.24, 2.45) is 0 Å². The van der Waals surface area contributed by atoms with Crippen LogP contribution in [0.2, 0.25) is 0 Å². The number of benzene rings is 2. The van der Waals surface area contributed by atoms with Crippen molar-refractivity contribution >= 4 is 21.6 Å². The molecule has 2 rings (SSSR count). The Hall–Kier alpha value is -2.45. The van der Waals surface area contributed by atoms with Crippen molar-refractivity contribution in [3.8, 4) is 5.75 Å². The maximum Gasteiger partial charge on any atom is 0.226 e. The maximum absolute atomic E-state index is 13.1. The standard InChI is InChI=1S/C18H21FN2O4S/c1-12-4-9-17(25-2)16(10-12)20-18(22)11-15(21-26(3,23)24)13-5-7-14(19)8-6-13/h4-10,15,21H,11H2,1-3H3,(H,20,22). The van der Waals surface area contributed by atoms with Crippen LogP contribution in [0.3, 0.4) is 0 Å². The summed E-state index contributed by atoms with van der Waals surface area (Å²) in [5.41, 5.74) is 1.92. The number of rotatable bonds is 7. The van der Waals surface area contributed by atoms with E-state index in [2.05, 4.69) is 10.0 Å². The van der Waals surface area contributed by atoms with Crippen LogP contribution in [-0.4, -0.2) is 27.7 Å². The zero-order valence-corrected chi connectivity index (χ0v) is 15.6. The molecule has 140 valence electrons. The highest BCUT2D eigenvalue weighted by Crippen LogP contribution is 2.26. The van der Waals surface area contributed by atoms with E-state index in [0.717, 1.165) is 11.8 Å². The van der Waals surface area contributed by atoms with Crippen LogP contribution in [0.4, 0.5) is 10.1 Å². The van der Waals surface area contributed by atoms with Gasteiger partial charge < -0.3 is 10.1 Å². The van der Waals surface area contributed by atoms with E-state index in [1.54, 1.807) is 12.1 Å². The Kier molecular flexibility index (Phi) is 6.33. The van der Waals surface area contributed by atoms with Gasteiger partial charge in [-0.05, 0) is 42.3 Å². The van der Waals surface area contributed by atoms with Gasteiger partial charge in [0.1, 0.15) is 11.6 Å². The number of carbonyl (C=O) groups excluding carboxylic acids is 1. The second-order valence-electron chi connectivity index (χ2n) is 5.95. The fourth-order valence-corrected chi connectivity index (χ4v) is 3.22. The molecule has 0 bridgehead atoms. The van der Waals surface area contributed by atoms with Gasteiger partial charge in [0.2, 0.25) is 15.9 Å². The summed E-state index contributed by atoms with van der Waals surface area (Å²) < 4.78 is 44.0. The van der Waals surface area contributed by atoms with Gasteiger partial charge in [0.15, 0.2) is 0 Å². The normalized spacial score (nSPS) is 12.5. The van der Waals surface area contributed by atoms with E-state index in [1.165, 1.54) is 31.4 Å². The Balaban J connectivity index is 2.21. The lowest BCUT2D eigenvalue weighted by molar-refractivity contribution is -0.116. The van der Waals surface area contributed by atoms with Gasteiger partial charge in [-0.1, -0.05) is 18.2 Å². The third-order valence-corrected chi connectivity index (χ3v) is 4.36. The number of anilines is 1. The highest BCUT2D eigenvalue weighted by atomic mass is 32.2. The van der Waals surface area contributed by atoms with Gasteiger partial charge in [0, 0.05) is 6.42 Å². The number of nitrogens with one attached hydrogen (secondary N) is 2. The molecule has 0 aliphatic heterocycles. The molecule has 0 saturated heterocycles. The molecule has 0 fully saturated rings. The van der Waals surface area contributed by atoms with E-state index in [-0.39, 0.29) is 6.42 Å². The van der Waals surface area contributed by atoms with Crippen LogP contribution in [0.25, 0.3) is 0 Å². The molecule has 0 aliphatic carbocycles. The van der Waals surface area contributed by atoms with Crippen molar-refractivity contribution < 1.29 is 22.3 Å². The second-order valence-corrected chi connectivity index (χ2v) is 7.73. The summed E-state index contributed by atoms with van der Waals surface area (Å²) in [6, 6.07) is 9.84. The van der Waals surface area contributed by atoms with Gasteiger partial charge in [-0.2, -0.15) is 0 Å². The molecule has 1 amide bonds.